The molecule has 260 valence electrons. The molecule has 0 radical (unpaired) electrons. The van der Waals surface area contributed by atoms with Crippen molar-refractivity contribution in [2.75, 3.05) is 0 Å². The lowest BCUT2D eigenvalue weighted by Gasteiger charge is -2.32. The fourth-order valence-electron chi connectivity index (χ4n) is 4.72. The summed E-state index contributed by atoms with van der Waals surface area (Å²) in [6, 6.07) is -4.51. The Bertz CT molecular complexity index is 1000. The van der Waals surface area contributed by atoms with Crippen LogP contribution in [0.4, 0.5) is 0 Å². The maximum Gasteiger partial charge on any atom is 0.308 e. The molecule has 0 spiro atoms. The summed E-state index contributed by atoms with van der Waals surface area (Å²) in [4.78, 5) is 75.3. The third kappa shape index (κ3) is 16.6. The molecule has 0 saturated carbocycles. The number of aliphatic hydroxyl groups excluding tert-OH is 1. The summed E-state index contributed by atoms with van der Waals surface area (Å²) in [5.74, 6) is -4.91. The van der Waals surface area contributed by atoms with Crippen LogP contribution in [0.2, 0.25) is 0 Å². The largest absolute Gasteiger partial charge is 0.481 e. The van der Waals surface area contributed by atoms with Gasteiger partial charge in [0, 0.05) is 6.92 Å². The van der Waals surface area contributed by atoms with Crippen LogP contribution in [0.25, 0.3) is 0 Å². The van der Waals surface area contributed by atoms with Crippen molar-refractivity contribution in [3.63, 3.8) is 0 Å². The summed E-state index contributed by atoms with van der Waals surface area (Å²) in [5.41, 5.74) is 5.64. The average Bonchev–Trinajstić information content (AvgIpc) is 2.87. The number of hydrogen-bond donors (Lipinski definition) is 7. The topological polar surface area (TPSA) is 226 Å². The second-order valence-electron chi connectivity index (χ2n) is 13.3. The van der Waals surface area contributed by atoms with E-state index in [0.717, 1.165) is 0 Å². The zero-order chi connectivity index (χ0) is 35.2. The highest BCUT2D eigenvalue weighted by Gasteiger charge is 2.35. The Hall–Kier alpha value is -3.26. The maximum atomic E-state index is 13.5. The smallest absolute Gasteiger partial charge is 0.308 e. The van der Waals surface area contributed by atoms with Crippen molar-refractivity contribution in [2.24, 2.45) is 29.4 Å². The molecule has 45 heavy (non-hydrogen) atoms. The van der Waals surface area contributed by atoms with E-state index in [9.17, 15) is 39.0 Å². The maximum absolute atomic E-state index is 13.5. The van der Waals surface area contributed by atoms with Gasteiger partial charge in [0.2, 0.25) is 23.6 Å². The molecule has 8 N–H and O–H groups in total. The number of nitrogens with one attached hydrogen (secondary N) is 4. The molecule has 0 aliphatic heterocycles. The molecule has 0 bridgehead atoms. The zero-order valence-electron chi connectivity index (χ0n) is 28.5. The molecule has 4 amide bonds. The molecular formula is C31H57N5O9. The summed E-state index contributed by atoms with van der Waals surface area (Å²) >= 11 is 0. The van der Waals surface area contributed by atoms with Gasteiger partial charge in [-0.3, -0.25) is 28.8 Å². The molecule has 14 nitrogen and oxygen atoms in total. The van der Waals surface area contributed by atoms with Gasteiger partial charge in [0.05, 0.1) is 37.1 Å². The van der Waals surface area contributed by atoms with E-state index < -0.39 is 96.7 Å². The highest BCUT2D eigenvalue weighted by molar-refractivity contribution is 5.92. The zero-order valence-corrected chi connectivity index (χ0v) is 28.5. The molecule has 4 unspecified atom stereocenters. The average molecular weight is 644 g/mol. The molecule has 0 rings (SSSR count). The number of amides is 4. The van der Waals surface area contributed by atoms with Gasteiger partial charge in [-0.05, 0) is 43.4 Å². The van der Waals surface area contributed by atoms with Crippen LogP contribution in [0.5, 0.6) is 0 Å². The Kier molecular flexibility index (Phi) is 18.5. The van der Waals surface area contributed by atoms with Gasteiger partial charge in [0.1, 0.15) is 18.2 Å². The fraction of sp³-hybridized carbons (Fsp3) is 0.806. The standard InChI is InChI=1S/C31H57N5O9/c1-15(2)11-21(34-29(42)19(9)32)23(38)13-26(41)45-24(14-25(39)40)22(12-16(3)4)35-30(43)28(18(7)8)36-31(44)27(17(5)6)33-20(10)37/h15-19,21-24,27-28,38H,11-14,32H2,1-10H3,(H,33,37)(H,34,42)(H,35,43)(H,36,44)(H,39,40)/t19-,21?,22?,23?,24?,27-,28-/m0/s1. The van der Waals surface area contributed by atoms with Crippen LogP contribution in [-0.2, 0) is 33.5 Å². The van der Waals surface area contributed by atoms with Gasteiger partial charge in [-0.2, -0.15) is 0 Å². The molecule has 0 aliphatic rings. The van der Waals surface area contributed by atoms with Gasteiger partial charge >= 0.3 is 11.9 Å². The van der Waals surface area contributed by atoms with Crippen LogP contribution in [-0.4, -0.2) is 88.2 Å². The summed E-state index contributed by atoms with van der Waals surface area (Å²) in [6.45, 7) is 17.2. The van der Waals surface area contributed by atoms with E-state index in [1.54, 1.807) is 27.7 Å². The SMILES string of the molecule is CC(=O)N[C@H](C(=O)N[C@H](C(=O)NC(CC(C)C)C(CC(=O)O)OC(=O)CC(O)C(CC(C)C)NC(=O)[C@H](C)N)C(C)C)C(C)C. The van der Waals surface area contributed by atoms with Crippen LogP contribution in [0.15, 0.2) is 0 Å². The predicted octanol–water partition coefficient (Wildman–Crippen LogP) is 0.834. The van der Waals surface area contributed by atoms with Gasteiger partial charge in [0.15, 0.2) is 0 Å². The number of ether oxygens (including phenoxy) is 1. The minimum Gasteiger partial charge on any atom is -0.481 e. The Balaban J connectivity index is 6.04. The molecule has 0 heterocycles. The van der Waals surface area contributed by atoms with E-state index in [1.807, 2.05) is 27.7 Å². The molecule has 7 atom stereocenters. The van der Waals surface area contributed by atoms with Crippen molar-refractivity contribution in [3.05, 3.63) is 0 Å². The van der Waals surface area contributed by atoms with Crippen molar-refractivity contribution in [2.45, 2.75) is 137 Å². The Morgan fingerprint density at radius 3 is 1.53 bits per heavy atom. The third-order valence-electron chi connectivity index (χ3n) is 7.02. The minimum atomic E-state index is -1.34. The van der Waals surface area contributed by atoms with E-state index in [0.29, 0.717) is 6.42 Å². The van der Waals surface area contributed by atoms with Crippen LogP contribution in [0, 0.1) is 23.7 Å². The number of rotatable bonds is 20. The summed E-state index contributed by atoms with van der Waals surface area (Å²) in [6.07, 6.45) is -3.24. The van der Waals surface area contributed by atoms with E-state index in [2.05, 4.69) is 21.3 Å². The second-order valence-corrected chi connectivity index (χ2v) is 13.3. The lowest BCUT2D eigenvalue weighted by Crippen LogP contribution is -2.59. The van der Waals surface area contributed by atoms with Gasteiger partial charge in [-0.25, -0.2) is 0 Å². The summed E-state index contributed by atoms with van der Waals surface area (Å²) < 4.78 is 5.57. The predicted molar refractivity (Wildman–Crippen MR) is 168 cm³/mol. The summed E-state index contributed by atoms with van der Waals surface area (Å²) in [5, 5.41) is 31.2. The van der Waals surface area contributed by atoms with Crippen molar-refractivity contribution < 1.29 is 43.7 Å². The first kappa shape index (κ1) is 41.7. The number of aliphatic hydroxyl groups is 1. The molecule has 0 aromatic heterocycles. The molecular weight excluding hydrogens is 586 g/mol. The molecule has 0 aromatic rings. The monoisotopic (exact) mass is 643 g/mol. The number of carboxylic acid groups (broad SMARTS) is 1. The highest BCUT2D eigenvalue weighted by Crippen LogP contribution is 2.18. The van der Waals surface area contributed by atoms with Crippen molar-refractivity contribution in [1.82, 2.24) is 21.3 Å². The Morgan fingerprint density at radius 2 is 1.11 bits per heavy atom. The number of carbonyl (C=O) groups excluding carboxylic acids is 5. The lowest BCUT2D eigenvalue weighted by atomic mass is 9.94. The number of aliphatic carboxylic acids is 1. The Morgan fingerprint density at radius 1 is 0.667 bits per heavy atom. The number of carboxylic acids is 1. The van der Waals surface area contributed by atoms with E-state index in [1.165, 1.54) is 13.8 Å². The molecule has 0 aromatic carbocycles. The Labute approximate surface area is 267 Å². The number of carbonyl (C=O) groups is 6. The first-order chi connectivity index (χ1) is 20.7. The normalized spacial score (nSPS) is 16.3. The number of nitrogens with two attached hydrogens (primary N) is 1. The first-order valence-corrected chi connectivity index (χ1v) is 15.7. The second kappa shape index (κ2) is 20.0. The lowest BCUT2D eigenvalue weighted by molar-refractivity contribution is -0.158. The highest BCUT2D eigenvalue weighted by atomic mass is 16.5. The van der Waals surface area contributed by atoms with Crippen LogP contribution in [0.3, 0.4) is 0 Å². The van der Waals surface area contributed by atoms with Gasteiger partial charge in [-0.1, -0.05) is 55.4 Å². The molecule has 0 saturated heterocycles. The molecule has 14 heteroatoms. The van der Waals surface area contributed by atoms with Crippen LogP contribution < -0.4 is 27.0 Å². The van der Waals surface area contributed by atoms with Gasteiger partial charge in [-0.15, -0.1) is 0 Å². The van der Waals surface area contributed by atoms with Gasteiger partial charge in [0.25, 0.3) is 0 Å². The van der Waals surface area contributed by atoms with Crippen molar-refractivity contribution >= 4 is 35.6 Å². The van der Waals surface area contributed by atoms with E-state index >= 15 is 0 Å². The molecule has 0 fully saturated rings. The fourth-order valence-corrected chi connectivity index (χ4v) is 4.72. The van der Waals surface area contributed by atoms with Crippen molar-refractivity contribution in [3.8, 4) is 0 Å². The number of esters is 1. The van der Waals surface area contributed by atoms with Crippen molar-refractivity contribution in [1.29, 1.82) is 0 Å². The minimum absolute atomic E-state index is 0.0582. The first-order valence-electron chi connectivity index (χ1n) is 15.7. The van der Waals surface area contributed by atoms with E-state index in [-0.39, 0.29) is 24.2 Å². The van der Waals surface area contributed by atoms with Gasteiger partial charge < -0.3 is 42.0 Å². The molecule has 0 aliphatic carbocycles. The quantitative estimate of drug-likeness (QED) is 0.0925. The van der Waals surface area contributed by atoms with Crippen LogP contribution >= 0.6 is 0 Å². The summed E-state index contributed by atoms with van der Waals surface area (Å²) in [7, 11) is 0. The number of hydrogen-bond acceptors (Lipinski definition) is 9. The third-order valence-corrected chi connectivity index (χ3v) is 7.02. The van der Waals surface area contributed by atoms with E-state index in [4.69, 9.17) is 10.5 Å². The van der Waals surface area contributed by atoms with Crippen LogP contribution in [0.1, 0.15) is 94.9 Å².